The van der Waals surface area contributed by atoms with E-state index < -0.39 is 29.0 Å². The van der Waals surface area contributed by atoms with Crippen molar-refractivity contribution in [2.45, 2.75) is 6.04 Å². The van der Waals surface area contributed by atoms with Crippen LogP contribution in [0.3, 0.4) is 0 Å². The van der Waals surface area contributed by atoms with Crippen LogP contribution in [-0.2, 0) is 19.4 Å². The fourth-order valence-corrected chi connectivity index (χ4v) is 0.549. The number of aliphatic carboxylic acids is 1. The predicted octanol–water partition coefficient (Wildman–Crippen LogP) is -1.78. The van der Waals surface area contributed by atoms with Crippen LogP contribution in [0, 0.1) is 0 Å². The van der Waals surface area contributed by atoms with Gasteiger partial charge in [-0.25, -0.2) is 4.18 Å². The fourth-order valence-electron chi connectivity index (χ4n) is 0.231. The molecule has 0 radical (unpaired) electrons. The minimum Gasteiger partial charge on any atom is -0.480 e. The Balaban J connectivity index is 3.82. The number of carboxylic acid groups (broad SMARTS) is 1. The van der Waals surface area contributed by atoms with Crippen LogP contribution in [0.1, 0.15) is 0 Å². The van der Waals surface area contributed by atoms with E-state index in [1.54, 1.807) is 0 Å². The number of hydrogen-bond donors (Lipinski definition) is 3. The molecule has 4 N–H and O–H groups in total. The van der Waals surface area contributed by atoms with E-state index in [-0.39, 0.29) is 0 Å². The minimum atomic E-state index is -4.60. The van der Waals surface area contributed by atoms with Crippen molar-refractivity contribution in [1.29, 1.82) is 0 Å². The molecule has 0 aromatic rings. The summed E-state index contributed by atoms with van der Waals surface area (Å²) in [4.78, 5) is 9.93. The summed E-state index contributed by atoms with van der Waals surface area (Å²) in [6.45, 7) is -0.784. The fraction of sp³-hybridized carbons (Fsp3) is 0.667. The van der Waals surface area contributed by atoms with Gasteiger partial charge in [-0.2, -0.15) is 8.42 Å². The quantitative estimate of drug-likeness (QED) is 0.441. The highest BCUT2D eigenvalue weighted by Crippen LogP contribution is 1.88. The number of carboxylic acids is 1. The van der Waals surface area contributed by atoms with E-state index in [2.05, 4.69) is 4.18 Å². The predicted molar refractivity (Wildman–Crippen MR) is 33.1 cm³/mol. The molecular formula is C3H7NO6S. The number of nitrogens with two attached hydrogens (primary N) is 1. The first-order valence-corrected chi connectivity index (χ1v) is 3.79. The maximum absolute atomic E-state index is 9.93. The zero-order valence-electron chi connectivity index (χ0n) is 5.30. The molecule has 0 heterocycles. The van der Waals surface area contributed by atoms with Crippen LogP contribution in [0.5, 0.6) is 0 Å². The highest BCUT2D eigenvalue weighted by Gasteiger charge is 2.15. The normalized spacial score (nSPS) is 14.4. The summed E-state index contributed by atoms with van der Waals surface area (Å²) in [5.41, 5.74) is 4.82. The molecule has 0 amide bonds. The summed E-state index contributed by atoms with van der Waals surface area (Å²) < 4.78 is 31.3. The van der Waals surface area contributed by atoms with Crippen LogP contribution in [0.15, 0.2) is 0 Å². The molecule has 0 saturated heterocycles. The van der Waals surface area contributed by atoms with Gasteiger partial charge in [-0.15, -0.1) is 0 Å². The van der Waals surface area contributed by atoms with Crippen molar-refractivity contribution in [3.63, 3.8) is 0 Å². The molecule has 11 heavy (non-hydrogen) atoms. The Bertz CT molecular complexity index is 232. The molecule has 0 aliphatic heterocycles. The van der Waals surface area contributed by atoms with E-state index in [9.17, 15) is 13.2 Å². The standard InChI is InChI=1S/C3H7NO6S/c4-2(3(5)6)1-10-11(7,8)9/h2H,1,4H2,(H,5,6)(H,7,8,9)/t2-/m1/s1. The molecule has 0 fully saturated rings. The van der Waals surface area contributed by atoms with Gasteiger partial charge in [-0.3, -0.25) is 9.35 Å². The lowest BCUT2D eigenvalue weighted by molar-refractivity contribution is -0.139. The topological polar surface area (TPSA) is 127 Å². The van der Waals surface area contributed by atoms with Gasteiger partial charge in [0.25, 0.3) is 0 Å². The first-order valence-electron chi connectivity index (χ1n) is 2.43. The second kappa shape index (κ2) is 3.62. The Hall–Kier alpha value is -0.700. The van der Waals surface area contributed by atoms with Crippen molar-refractivity contribution in [2.75, 3.05) is 6.61 Å². The van der Waals surface area contributed by atoms with E-state index in [1.165, 1.54) is 0 Å². The van der Waals surface area contributed by atoms with E-state index >= 15 is 0 Å². The molecule has 7 nitrogen and oxygen atoms in total. The molecule has 0 aliphatic carbocycles. The Morgan fingerprint density at radius 2 is 2.09 bits per heavy atom. The Kier molecular flexibility index (Phi) is 3.39. The maximum Gasteiger partial charge on any atom is 0.397 e. The summed E-state index contributed by atoms with van der Waals surface area (Å²) in [6, 6.07) is -1.46. The van der Waals surface area contributed by atoms with Crippen molar-refractivity contribution >= 4 is 16.4 Å². The Morgan fingerprint density at radius 1 is 1.64 bits per heavy atom. The third-order valence-electron chi connectivity index (χ3n) is 0.714. The van der Waals surface area contributed by atoms with Gasteiger partial charge < -0.3 is 10.8 Å². The Labute approximate surface area is 62.7 Å². The van der Waals surface area contributed by atoms with Gasteiger partial charge in [-0.05, 0) is 0 Å². The van der Waals surface area contributed by atoms with Crippen LogP contribution in [0.2, 0.25) is 0 Å². The van der Waals surface area contributed by atoms with Gasteiger partial charge >= 0.3 is 16.4 Å². The van der Waals surface area contributed by atoms with Gasteiger partial charge in [0.15, 0.2) is 0 Å². The van der Waals surface area contributed by atoms with E-state index in [0.29, 0.717) is 0 Å². The summed E-state index contributed by atoms with van der Waals surface area (Å²) in [5, 5.41) is 8.10. The molecule has 0 aromatic carbocycles. The van der Waals surface area contributed by atoms with Crippen LogP contribution in [-0.4, -0.2) is 36.7 Å². The average Bonchev–Trinajstić information content (AvgIpc) is 1.80. The van der Waals surface area contributed by atoms with Gasteiger partial charge in [-0.1, -0.05) is 0 Å². The number of rotatable bonds is 4. The van der Waals surface area contributed by atoms with Crippen molar-refractivity contribution in [1.82, 2.24) is 0 Å². The summed E-state index contributed by atoms with van der Waals surface area (Å²) >= 11 is 0. The van der Waals surface area contributed by atoms with E-state index in [0.717, 1.165) is 0 Å². The molecule has 0 spiro atoms. The third-order valence-corrected chi connectivity index (χ3v) is 1.15. The lowest BCUT2D eigenvalue weighted by Crippen LogP contribution is -2.35. The van der Waals surface area contributed by atoms with Gasteiger partial charge in [0, 0.05) is 0 Å². The summed E-state index contributed by atoms with van der Waals surface area (Å²) in [6.07, 6.45) is 0. The molecule has 0 aliphatic rings. The van der Waals surface area contributed by atoms with Crippen molar-refractivity contribution in [3.8, 4) is 0 Å². The molecule has 0 saturated carbocycles. The number of hydrogen-bond acceptors (Lipinski definition) is 5. The summed E-state index contributed by atoms with van der Waals surface area (Å²) in [7, 11) is -4.60. The molecule has 0 bridgehead atoms. The SMILES string of the molecule is N[C@H](COS(=O)(=O)O)C(=O)O. The monoisotopic (exact) mass is 185 g/mol. The Morgan fingerprint density at radius 3 is 2.36 bits per heavy atom. The van der Waals surface area contributed by atoms with Crippen LogP contribution >= 0.6 is 0 Å². The van der Waals surface area contributed by atoms with Crippen LogP contribution in [0.4, 0.5) is 0 Å². The van der Waals surface area contributed by atoms with Crippen molar-refractivity contribution < 1.29 is 27.1 Å². The first kappa shape index (κ1) is 10.3. The van der Waals surface area contributed by atoms with Gasteiger partial charge in [0.2, 0.25) is 0 Å². The smallest absolute Gasteiger partial charge is 0.397 e. The molecular weight excluding hydrogens is 178 g/mol. The highest BCUT2D eigenvalue weighted by molar-refractivity contribution is 7.80. The third kappa shape index (κ3) is 5.73. The number of carbonyl (C=O) groups is 1. The van der Waals surface area contributed by atoms with Gasteiger partial charge in [0.05, 0.1) is 6.61 Å². The minimum absolute atomic E-state index is 0.784. The highest BCUT2D eigenvalue weighted by atomic mass is 32.3. The zero-order chi connectivity index (χ0) is 9.07. The van der Waals surface area contributed by atoms with E-state index in [4.69, 9.17) is 15.4 Å². The summed E-state index contributed by atoms with van der Waals surface area (Å²) in [5.74, 6) is -1.41. The maximum atomic E-state index is 9.93. The largest absolute Gasteiger partial charge is 0.480 e. The van der Waals surface area contributed by atoms with Gasteiger partial charge in [0.1, 0.15) is 6.04 Å². The molecule has 0 rings (SSSR count). The van der Waals surface area contributed by atoms with Crippen LogP contribution < -0.4 is 5.73 Å². The van der Waals surface area contributed by atoms with Crippen molar-refractivity contribution in [3.05, 3.63) is 0 Å². The molecule has 1 atom stereocenters. The zero-order valence-corrected chi connectivity index (χ0v) is 6.11. The lowest BCUT2D eigenvalue weighted by atomic mass is 10.3. The van der Waals surface area contributed by atoms with Crippen LogP contribution in [0.25, 0.3) is 0 Å². The lowest BCUT2D eigenvalue weighted by Gasteiger charge is -2.03. The molecule has 66 valence electrons. The first-order chi connectivity index (χ1) is 4.83. The van der Waals surface area contributed by atoms with Crippen molar-refractivity contribution in [2.24, 2.45) is 5.73 Å². The molecule has 8 heteroatoms. The van der Waals surface area contributed by atoms with E-state index in [1.807, 2.05) is 0 Å². The molecule has 0 unspecified atom stereocenters. The average molecular weight is 185 g/mol. The second-order valence-electron chi connectivity index (χ2n) is 1.66. The second-order valence-corrected chi connectivity index (χ2v) is 2.75. The molecule has 0 aromatic heterocycles.